The minimum atomic E-state index is -0.369. The summed E-state index contributed by atoms with van der Waals surface area (Å²) in [7, 11) is 0. The maximum absolute atomic E-state index is 9.06. The third kappa shape index (κ3) is 20.0. The summed E-state index contributed by atoms with van der Waals surface area (Å²) in [4.78, 5) is 0. The van der Waals surface area contributed by atoms with Crippen molar-refractivity contribution in [3.8, 4) is 0 Å². The van der Waals surface area contributed by atoms with Gasteiger partial charge in [0.1, 0.15) is 0 Å². The zero-order chi connectivity index (χ0) is 15.8. The molecule has 0 aliphatic carbocycles. The number of aliphatic hydroxyl groups excluding tert-OH is 2. The summed E-state index contributed by atoms with van der Waals surface area (Å²) in [6.07, 6.45) is 10.8. The normalized spacial score (nSPS) is 13.3. The van der Waals surface area contributed by atoms with Crippen LogP contribution >= 0.6 is 0 Å². The van der Waals surface area contributed by atoms with E-state index >= 15 is 0 Å². The Hall–Kier alpha value is -0.340. The quantitative estimate of drug-likeness (QED) is 0.403. The van der Waals surface area contributed by atoms with E-state index in [2.05, 4.69) is 20.4 Å². The molecule has 2 unspecified atom stereocenters. The molecule has 0 rings (SSSR count). The molecule has 0 aromatic heterocycles. The zero-order valence-electron chi connectivity index (χ0n) is 14.3. The van der Waals surface area contributed by atoms with Crippen molar-refractivity contribution >= 4 is 0 Å². The van der Waals surface area contributed by atoms with Gasteiger partial charge in [-0.25, -0.2) is 0 Å². The van der Waals surface area contributed by atoms with Crippen LogP contribution in [0.1, 0.15) is 91.9 Å². The summed E-state index contributed by atoms with van der Waals surface area (Å²) < 4.78 is 0. The van der Waals surface area contributed by atoms with Crippen LogP contribution in [0.5, 0.6) is 0 Å². The first-order chi connectivity index (χ1) is 9.47. The first kappa shape index (κ1) is 21.9. The van der Waals surface area contributed by atoms with Crippen molar-refractivity contribution in [1.82, 2.24) is 0 Å². The van der Waals surface area contributed by atoms with E-state index in [1.54, 1.807) is 6.92 Å². The van der Waals surface area contributed by atoms with Gasteiger partial charge in [0.15, 0.2) is 0 Å². The fourth-order valence-corrected chi connectivity index (χ4v) is 2.02. The SMILES string of the molecule is C=C(CCCC)CCCCC.CCCC(O)CC(C)O. The highest BCUT2D eigenvalue weighted by molar-refractivity contribution is 4.93. The van der Waals surface area contributed by atoms with Crippen molar-refractivity contribution in [2.45, 2.75) is 104 Å². The number of aliphatic hydroxyl groups is 2. The number of allylic oxidation sites excluding steroid dienone is 1. The molecule has 0 aromatic carbocycles. The van der Waals surface area contributed by atoms with Gasteiger partial charge in [0, 0.05) is 0 Å². The van der Waals surface area contributed by atoms with E-state index in [1.807, 2.05) is 6.92 Å². The lowest BCUT2D eigenvalue weighted by Crippen LogP contribution is -2.13. The van der Waals surface area contributed by atoms with Crippen LogP contribution in [0.3, 0.4) is 0 Å². The average Bonchev–Trinajstić information content (AvgIpc) is 2.37. The van der Waals surface area contributed by atoms with E-state index in [0.29, 0.717) is 6.42 Å². The van der Waals surface area contributed by atoms with Crippen LogP contribution in [-0.2, 0) is 0 Å². The van der Waals surface area contributed by atoms with Crippen LogP contribution < -0.4 is 0 Å². The molecule has 122 valence electrons. The Morgan fingerprint density at radius 3 is 1.90 bits per heavy atom. The number of hydrogen-bond donors (Lipinski definition) is 2. The minimum Gasteiger partial charge on any atom is -0.393 e. The standard InChI is InChI=1S/C11H22.C7H16O2/c1-4-6-8-10-11(3)9-7-5-2;1-3-4-7(9)5-6(2)8/h3-10H2,1-2H3;6-9H,3-5H2,1-2H3. The van der Waals surface area contributed by atoms with Gasteiger partial charge in [-0.15, -0.1) is 0 Å². The van der Waals surface area contributed by atoms with Crippen LogP contribution in [0.15, 0.2) is 12.2 Å². The van der Waals surface area contributed by atoms with E-state index in [9.17, 15) is 0 Å². The Labute approximate surface area is 127 Å². The lowest BCUT2D eigenvalue weighted by Gasteiger charge is -2.09. The predicted octanol–water partition coefficient (Wildman–Crippen LogP) is 5.23. The molecule has 0 aromatic rings. The van der Waals surface area contributed by atoms with Crippen molar-refractivity contribution in [3.63, 3.8) is 0 Å². The molecule has 0 heterocycles. The summed E-state index contributed by atoms with van der Waals surface area (Å²) >= 11 is 0. The van der Waals surface area contributed by atoms with Gasteiger partial charge in [-0.2, -0.15) is 0 Å². The largest absolute Gasteiger partial charge is 0.393 e. The van der Waals surface area contributed by atoms with Crippen molar-refractivity contribution < 1.29 is 10.2 Å². The van der Waals surface area contributed by atoms with Gasteiger partial charge in [0.2, 0.25) is 0 Å². The fourth-order valence-electron chi connectivity index (χ4n) is 2.02. The average molecular weight is 286 g/mol. The topological polar surface area (TPSA) is 40.5 Å². The molecule has 0 aliphatic rings. The smallest absolute Gasteiger partial charge is 0.0564 e. The molecular formula is C18H38O2. The maximum Gasteiger partial charge on any atom is 0.0564 e. The van der Waals surface area contributed by atoms with Gasteiger partial charge in [-0.3, -0.25) is 0 Å². The first-order valence-electron chi connectivity index (χ1n) is 8.50. The van der Waals surface area contributed by atoms with Gasteiger partial charge < -0.3 is 10.2 Å². The molecule has 0 bridgehead atoms. The molecule has 0 radical (unpaired) electrons. The lowest BCUT2D eigenvalue weighted by atomic mass is 10.0. The fraction of sp³-hybridized carbons (Fsp3) is 0.889. The maximum atomic E-state index is 9.06. The van der Waals surface area contributed by atoms with Crippen LogP contribution in [0.2, 0.25) is 0 Å². The Bertz CT molecular complexity index is 200. The highest BCUT2D eigenvalue weighted by Crippen LogP contribution is 2.13. The lowest BCUT2D eigenvalue weighted by molar-refractivity contribution is 0.0848. The Morgan fingerprint density at radius 2 is 1.45 bits per heavy atom. The van der Waals surface area contributed by atoms with E-state index in [-0.39, 0.29) is 12.2 Å². The molecule has 2 heteroatoms. The molecule has 20 heavy (non-hydrogen) atoms. The predicted molar refractivity (Wildman–Crippen MR) is 90.0 cm³/mol. The second kappa shape index (κ2) is 16.7. The summed E-state index contributed by atoms with van der Waals surface area (Å²) in [5, 5.41) is 17.8. The first-order valence-corrected chi connectivity index (χ1v) is 8.50. The van der Waals surface area contributed by atoms with E-state index < -0.39 is 0 Å². The molecule has 0 fully saturated rings. The van der Waals surface area contributed by atoms with Gasteiger partial charge in [-0.1, -0.05) is 58.6 Å². The molecule has 2 atom stereocenters. The third-order valence-corrected chi connectivity index (χ3v) is 3.25. The second-order valence-electron chi connectivity index (χ2n) is 5.84. The molecule has 2 nitrogen and oxygen atoms in total. The van der Waals surface area contributed by atoms with Crippen molar-refractivity contribution in [1.29, 1.82) is 0 Å². The summed E-state index contributed by atoms with van der Waals surface area (Å²) in [6, 6.07) is 0. The van der Waals surface area contributed by atoms with Crippen LogP contribution in [0.25, 0.3) is 0 Å². The van der Waals surface area contributed by atoms with Gasteiger partial charge in [0.05, 0.1) is 12.2 Å². The van der Waals surface area contributed by atoms with Gasteiger partial charge in [-0.05, 0) is 45.4 Å². The van der Waals surface area contributed by atoms with E-state index in [1.165, 1.54) is 50.5 Å². The van der Waals surface area contributed by atoms with Crippen LogP contribution in [-0.4, -0.2) is 22.4 Å². The highest BCUT2D eigenvalue weighted by Gasteiger charge is 2.05. The monoisotopic (exact) mass is 286 g/mol. The summed E-state index contributed by atoms with van der Waals surface area (Å²) in [5.74, 6) is 0. The van der Waals surface area contributed by atoms with Crippen molar-refractivity contribution in [3.05, 3.63) is 12.2 Å². The number of rotatable bonds is 11. The summed E-state index contributed by atoms with van der Waals surface area (Å²) in [6.45, 7) is 12.3. The molecule has 0 saturated heterocycles. The number of hydrogen-bond acceptors (Lipinski definition) is 2. The van der Waals surface area contributed by atoms with Crippen LogP contribution in [0, 0.1) is 0 Å². The Balaban J connectivity index is 0. The van der Waals surface area contributed by atoms with Gasteiger partial charge in [0.25, 0.3) is 0 Å². The highest BCUT2D eigenvalue weighted by atomic mass is 16.3. The molecule has 0 aliphatic heterocycles. The van der Waals surface area contributed by atoms with Crippen molar-refractivity contribution in [2.75, 3.05) is 0 Å². The zero-order valence-corrected chi connectivity index (χ0v) is 14.3. The number of unbranched alkanes of at least 4 members (excludes halogenated alkanes) is 3. The Morgan fingerprint density at radius 1 is 0.900 bits per heavy atom. The molecule has 0 spiro atoms. The van der Waals surface area contributed by atoms with E-state index in [0.717, 1.165) is 12.8 Å². The molecule has 2 N–H and O–H groups in total. The Kier molecular flexibility index (Phi) is 18.3. The van der Waals surface area contributed by atoms with E-state index in [4.69, 9.17) is 10.2 Å². The van der Waals surface area contributed by atoms with Gasteiger partial charge >= 0.3 is 0 Å². The third-order valence-electron chi connectivity index (χ3n) is 3.25. The molecule has 0 saturated carbocycles. The second-order valence-corrected chi connectivity index (χ2v) is 5.84. The molecular weight excluding hydrogens is 248 g/mol. The molecule has 0 amide bonds. The van der Waals surface area contributed by atoms with Crippen LogP contribution in [0.4, 0.5) is 0 Å². The van der Waals surface area contributed by atoms with Crippen molar-refractivity contribution in [2.24, 2.45) is 0 Å². The minimum absolute atomic E-state index is 0.310. The summed E-state index contributed by atoms with van der Waals surface area (Å²) in [5.41, 5.74) is 1.46.